The van der Waals surface area contributed by atoms with Gasteiger partial charge >= 0.3 is 12.1 Å². The minimum atomic E-state index is -4.90. The Morgan fingerprint density at radius 3 is 2.36 bits per heavy atom. The number of hydrogen-bond acceptors (Lipinski definition) is 6. The van der Waals surface area contributed by atoms with Gasteiger partial charge in [-0.3, -0.25) is 10.1 Å². The molecule has 1 aromatic carbocycles. The minimum absolute atomic E-state index is 0.00556. The Morgan fingerprint density at radius 1 is 1.32 bits per heavy atom. The molecule has 0 aliphatic rings. The molecule has 0 fully saturated rings. The molecule has 0 spiro atoms. The van der Waals surface area contributed by atoms with E-state index in [0.717, 1.165) is 31.4 Å². The normalized spacial score (nSPS) is 11.3. The minimum Gasteiger partial charge on any atom is -0.464 e. The molecule has 0 N–H and O–H groups in total. The van der Waals surface area contributed by atoms with Crippen molar-refractivity contribution in [3.05, 3.63) is 45.8 Å². The average Bonchev–Trinajstić information content (AvgIpc) is 2.91. The fourth-order valence-electron chi connectivity index (χ4n) is 1.65. The van der Waals surface area contributed by atoms with Crippen LogP contribution in [0.1, 0.15) is 16.2 Å². The lowest BCUT2D eigenvalue weighted by Gasteiger charge is -2.07. The molecule has 2 rings (SSSR count). The first kappa shape index (κ1) is 15.4. The van der Waals surface area contributed by atoms with Gasteiger partial charge in [-0.05, 0) is 12.1 Å². The summed E-state index contributed by atoms with van der Waals surface area (Å²) < 4.78 is 43.4. The zero-order chi connectivity index (χ0) is 16.5. The quantitative estimate of drug-likeness (QED) is 0.487. The van der Waals surface area contributed by atoms with Crippen LogP contribution in [0.3, 0.4) is 0 Å². The molecule has 22 heavy (non-hydrogen) atoms. The van der Waals surface area contributed by atoms with Gasteiger partial charge in [0.05, 0.1) is 17.7 Å². The molecular weight excluding hydrogens is 309 g/mol. The first-order valence-corrected chi connectivity index (χ1v) is 5.61. The molecule has 0 aliphatic carbocycles. The molecule has 0 aliphatic heterocycles. The van der Waals surface area contributed by atoms with Crippen LogP contribution < -0.4 is 0 Å². The van der Waals surface area contributed by atoms with Gasteiger partial charge in [0.1, 0.15) is 0 Å². The number of benzene rings is 1. The Bertz CT molecular complexity index is 724. The van der Waals surface area contributed by atoms with E-state index in [1.165, 1.54) is 0 Å². The molecular formula is C11H7F3N4O4. The highest BCUT2D eigenvalue weighted by Gasteiger charge is 2.41. The maximum Gasteiger partial charge on any atom is 0.437 e. The van der Waals surface area contributed by atoms with Crippen molar-refractivity contribution in [2.24, 2.45) is 0 Å². The van der Waals surface area contributed by atoms with Gasteiger partial charge in [0, 0.05) is 12.1 Å². The fraction of sp³-hybridized carbons (Fsp3) is 0.182. The van der Waals surface area contributed by atoms with Crippen LogP contribution in [-0.2, 0) is 10.9 Å². The topological polar surface area (TPSA) is 100 Å². The number of ether oxygens (including phenoxy) is 1. The second-order valence-electron chi connectivity index (χ2n) is 3.96. The summed E-state index contributed by atoms with van der Waals surface area (Å²) in [5.41, 5.74) is -2.69. The number of carbonyl (C=O) groups is 1. The Morgan fingerprint density at radius 2 is 1.91 bits per heavy atom. The lowest BCUT2D eigenvalue weighted by atomic mass is 10.2. The van der Waals surface area contributed by atoms with Crippen LogP contribution in [0.25, 0.3) is 5.69 Å². The summed E-state index contributed by atoms with van der Waals surface area (Å²) in [6.07, 6.45) is -4.90. The second-order valence-corrected chi connectivity index (χ2v) is 3.96. The van der Waals surface area contributed by atoms with Gasteiger partial charge in [0.15, 0.2) is 5.69 Å². The van der Waals surface area contributed by atoms with Gasteiger partial charge in [-0.1, -0.05) is 5.21 Å². The summed E-state index contributed by atoms with van der Waals surface area (Å²) >= 11 is 0. The van der Waals surface area contributed by atoms with Crippen LogP contribution in [0.5, 0.6) is 0 Å². The SMILES string of the molecule is COC(=O)c1c(C(F)(F)F)nnn1-c1ccc([N+](=O)[O-])cc1. The Kier molecular flexibility index (Phi) is 3.80. The highest BCUT2D eigenvalue weighted by Crippen LogP contribution is 2.31. The highest BCUT2D eigenvalue weighted by atomic mass is 19.4. The van der Waals surface area contributed by atoms with Crippen molar-refractivity contribution in [3.8, 4) is 5.69 Å². The zero-order valence-corrected chi connectivity index (χ0v) is 10.9. The van der Waals surface area contributed by atoms with Crippen LogP contribution in [0, 0.1) is 10.1 Å². The molecule has 8 nitrogen and oxygen atoms in total. The van der Waals surface area contributed by atoms with Gasteiger partial charge in [-0.15, -0.1) is 5.10 Å². The lowest BCUT2D eigenvalue weighted by Crippen LogP contribution is -2.17. The van der Waals surface area contributed by atoms with E-state index in [2.05, 4.69) is 15.0 Å². The number of aromatic nitrogens is 3. The van der Waals surface area contributed by atoms with Crippen molar-refractivity contribution >= 4 is 11.7 Å². The lowest BCUT2D eigenvalue weighted by molar-refractivity contribution is -0.384. The number of nitro groups is 1. The number of nitrogens with zero attached hydrogens (tertiary/aromatic N) is 4. The third-order valence-electron chi connectivity index (χ3n) is 2.62. The summed E-state index contributed by atoms with van der Waals surface area (Å²) in [6.45, 7) is 0. The third kappa shape index (κ3) is 2.73. The molecule has 2 aromatic rings. The monoisotopic (exact) mass is 316 g/mol. The van der Waals surface area contributed by atoms with E-state index in [-0.39, 0.29) is 11.4 Å². The van der Waals surface area contributed by atoms with Gasteiger partial charge in [0.25, 0.3) is 5.69 Å². The van der Waals surface area contributed by atoms with Gasteiger partial charge in [-0.2, -0.15) is 13.2 Å². The molecule has 0 saturated heterocycles. The molecule has 11 heteroatoms. The number of alkyl halides is 3. The van der Waals surface area contributed by atoms with Gasteiger partial charge < -0.3 is 4.74 Å². The van der Waals surface area contributed by atoms with Gasteiger partial charge in [0.2, 0.25) is 5.69 Å². The number of non-ortho nitro benzene ring substituents is 1. The van der Waals surface area contributed by atoms with E-state index < -0.39 is 28.5 Å². The average molecular weight is 316 g/mol. The number of nitro benzene ring substituents is 1. The maximum absolute atomic E-state index is 12.8. The smallest absolute Gasteiger partial charge is 0.437 e. The summed E-state index contributed by atoms with van der Waals surface area (Å²) in [5, 5.41) is 16.8. The van der Waals surface area contributed by atoms with Crippen molar-refractivity contribution in [3.63, 3.8) is 0 Å². The van der Waals surface area contributed by atoms with E-state index in [0.29, 0.717) is 4.68 Å². The molecule has 0 amide bonds. The van der Waals surface area contributed by atoms with Crippen molar-refractivity contribution in [2.45, 2.75) is 6.18 Å². The van der Waals surface area contributed by atoms with Crippen LogP contribution in [-0.4, -0.2) is 33.0 Å². The summed E-state index contributed by atoms with van der Waals surface area (Å²) in [7, 11) is 0.912. The van der Waals surface area contributed by atoms with Crippen LogP contribution in [0.2, 0.25) is 0 Å². The standard InChI is InChI=1S/C11H7F3N4O4/c1-22-10(19)8-9(11(12,13)14)15-16-17(8)6-2-4-7(5-3-6)18(20)21/h2-5H,1H3. The summed E-state index contributed by atoms with van der Waals surface area (Å²) in [4.78, 5) is 21.5. The van der Waals surface area contributed by atoms with Crippen LogP contribution in [0.4, 0.5) is 18.9 Å². The molecule has 1 heterocycles. The van der Waals surface area contributed by atoms with E-state index >= 15 is 0 Å². The van der Waals surface area contributed by atoms with E-state index in [1.807, 2.05) is 0 Å². The number of halogens is 3. The number of esters is 1. The molecule has 116 valence electrons. The maximum atomic E-state index is 12.8. The van der Waals surface area contributed by atoms with E-state index in [1.54, 1.807) is 0 Å². The first-order valence-electron chi connectivity index (χ1n) is 5.61. The van der Waals surface area contributed by atoms with Crippen molar-refractivity contribution in [2.75, 3.05) is 7.11 Å². The van der Waals surface area contributed by atoms with Crippen LogP contribution >= 0.6 is 0 Å². The zero-order valence-electron chi connectivity index (χ0n) is 10.9. The summed E-state index contributed by atoms with van der Waals surface area (Å²) in [5.74, 6) is -1.28. The van der Waals surface area contributed by atoms with Crippen molar-refractivity contribution in [1.29, 1.82) is 0 Å². The molecule has 0 unspecified atom stereocenters. The predicted molar refractivity (Wildman–Crippen MR) is 64.4 cm³/mol. The van der Waals surface area contributed by atoms with Crippen molar-refractivity contribution in [1.82, 2.24) is 15.0 Å². The second kappa shape index (κ2) is 5.42. The number of hydrogen-bond donors (Lipinski definition) is 0. The summed E-state index contributed by atoms with van der Waals surface area (Å²) in [6, 6.07) is 4.40. The highest BCUT2D eigenvalue weighted by molar-refractivity contribution is 5.89. The molecule has 0 bridgehead atoms. The first-order chi connectivity index (χ1) is 10.3. The molecule has 0 saturated carbocycles. The molecule has 0 atom stereocenters. The van der Waals surface area contributed by atoms with E-state index in [4.69, 9.17) is 0 Å². The number of rotatable bonds is 3. The Balaban J connectivity index is 2.58. The van der Waals surface area contributed by atoms with Gasteiger partial charge in [-0.25, -0.2) is 9.48 Å². The Labute approximate surface area is 120 Å². The fourth-order valence-corrected chi connectivity index (χ4v) is 1.65. The van der Waals surface area contributed by atoms with Crippen molar-refractivity contribution < 1.29 is 27.6 Å². The third-order valence-corrected chi connectivity index (χ3v) is 2.62. The molecule has 0 radical (unpaired) electrons. The molecule has 1 aromatic heterocycles. The number of methoxy groups -OCH3 is 1. The predicted octanol–water partition coefficient (Wildman–Crippen LogP) is 1.98. The Hall–Kier alpha value is -2.98. The largest absolute Gasteiger partial charge is 0.464 e. The van der Waals surface area contributed by atoms with Crippen LogP contribution in [0.15, 0.2) is 24.3 Å². The number of carbonyl (C=O) groups excluding carboxylic acids is 1. The van der Waals surface area contributed by atoms with E-state index in [9.17, 15) is 28.1 Å².